The summed E-state index contributed by atoms with van der Waals surface area (Å²) >= 11 is 0. The van der Waals surface area contributed by atoms with Crippen LogP contribution < -0.4 is 5.32 Å². The van der Waals surface area contributed by atoms with Crippen LogP contribution in [0.4, 0.5) is 0 Å². The maximum Gasteiger partial charge on any atom is 0.246 e. The van der Waals surface area contributed by atoms with E-state index in [0.717, 1.165) is 37.5 Å². The molecule has 0 spiro atoms. The van der Waals surface area contributed by atoms with Gasteiger partial charge in [-0.1, -0.05) is 24.3 Å². The summed E-state index contributed by atoms with van der Waals surface area (Å²) in [5, 5.41) is 4.18. The van der Waals surface area contributed by atoms with Crippen molar-refractivity contribution in [2.75, 3.05) is 46.6 Å². The maximum absolute atomic E-state index is 11.8. The van der Waals surface area contributed by atoms with Crippen LogP contribution in [0.15, 0.2) is 36.4 Å². The lowest BCUT2D eigenvalue weighted by molar-refractivity contribution is -0.125. The van der Waals surface area contributed by atoms with E-state index >= 15 is 0 Å². The fourth-order valence-corrected chi connectivity index (χ4v) is 4.20. The average Bonchev–Trinajstić information content (AvgIpc) is 3.17. The molecule has 2 aliphatic heterocycles. The summed E-state index contributed by atoms with van der Waals surface area (Å²) < 4.78 is 10.6. The van der Waals surface area contributed by atoms with Crippen LogP contribution in [-0.2, 0) is 20.8 Å². The monoisotopic (exact) mass is 355 g/mol. The van der Waals surface area contributed by atoms with Gasteiger partial charge in [0.1, 0.15) is 6.61 Å². The number of fused-ring (bicyclic) bond motifs is 2. The van der Waals surface area contributed by atoms with Crippen LogP contribution in [-0.4, -0.2) is 62.4 Å². The molecular weight excluding hydrogens is 330 g/mol. The molecule has 0 saturated carbocycles. The van der Waals surface area contributed by atoms with E-state index in [4.69, 9.17) is 14.5 Å². The maximum atomic E-state index is 11.8. The SMILES string of the molecule is COCC(=O)NC[C@]12COC[C@H]1CN(Cc1ccc3ccccc3n1)C2. The summed E-state index contributed by atoms with van der Waals surface area (Å²) in [6.07, 6.45) is 0. The van der Waals surface area contributed by atoms with E-state index in [-0.39, 0.29) is 17.9 Å². The number of pyridine rings is 1. The van der Waals surface area contributed by atoms with Gasteiger partial charge in [-0.15, -0.1) is 0 Å². The Hall–Kier alpha value is -2.02. The molecule has 138 valence electrons. The molecule has 2 saturated heterocycles. The van der Waals surface area contributed by atoms with Gasteiger partial charge in [-0.3, -0.25) is 14.7 Å². The van der Waals surface area contributed by atoms with Crippen molar-refractivity contribution >= 4 is 16.8 Å². The molecule has 0 unspecified atom stereocenters. The van der Waals surface area contributed by atoms with Crippen LogP contribution in [0.3, 0.4) is 0 Å². The summed E-state index contributed by atoms with van der Waals surface area (Å²) in [5.74, 6) is 0.382. The van der Waals surface area contributed by atoms with Crippen molar-refractivity contribution in [3.05, 3.63) is 42.1 Å². The quantitative estimate of drug-likeness (QED) is 0.850. The molecule has 0 radical (unpaired) electrons. The highest BCUT2D eigenvalue weighted by Gasteiger charge is 2.50. The fraction of sp³-hybridized carbons (Fsp3) is 0.500. The number of nitrogens with one attached hydrogen (secondary N) is 1. The zero-order valence-corrected chi connectivity index (χ0v) is 15.1. The van der Waals surface area contributed by atoms with E-state index in [1.807, 2.05) is 12.1 Å². The molecule has 1 aromatic heterocycles. The Labute approximate surface area is 153 Å². The second kappa shape index (κ2) is 7.31. The van der Waals surface area contributed by atoms with Crippen molar-refractivity contribution in [1.29, 1.82) is 0 Å². The molecule has 3 heterocycles. The van der Waals surface area contributed by atoms with Crippen LogP contribution in [0.2, 0.25) is 0 Å². The normalized spacial score (nSPS) is 25.5. The lowest BCUT2D eigenvalue weighted by atomic mass is 9.81. The molecule has 6 nitrogen and oxygen atoms in total. The number of hydrogen-bond donors (Lipinski definition) is 1. The third kappa shape index (κ3) is 3.45. The van der Waals surface area contributed by atoms with Crippen LogP contribution in [0.25, 0.3) is 10.9 Å². The summed E-state index contributed by atoms with van der Waals surface area (Å²) in [6, 6.07) is 12.4. The minimum Gasteiger partial charge on any atom is -0.380 e. The smallest absolute Gasteiger partial charge is 0.246 e. The van der Waals surface area contributed by atoms with Gasteiger partial charge in [-0.25, -0.2) is 0 Å². The van der Waals surface area contributed by atoms with Gasteiger partial charge >= 0.3 is 0 Å². The largest absolute Gasteiger partial charge is 0.380 e. The molecule has 2 aliphatic rings. The molecule has 26 heavy (non-hydrogen) atoms. The van der Waals surface area contributed by atoms with E-state index in [0.29, 0.717) is 19.1 Å². The number of hydrogen-bond acceptors (Lipinski definition) is 5. The number of ether oxygens (including phenoxy) is 2. The number of para-hydroxylation sites is 1. The number of likely N-dealkylation sites (tertiary alicyclic amines) is 1. The first-order valence-corrected chi connectivity index (χ1v) is 9.09. The average molecular weight is 355 g/mol. The van der Waals surface area contributed by atoms with Gasteiger partial charge in [0.2, 0.25) is 5.91 Å². The molecular formula is C20H25N3O3. The zero-order valence-electron chi connectivity index (χ0n) is 15.1. The molecule has 1 N–H and O–H groups in total. The Balaban J connectivity index is 1.43. The van der Waals surface area contributed by atoms with Gasteiger partial charge in [0.05, 0.1) is 24.4 Å². The molecule has 6 heteroatoms. The molecule has 0 bridgehead atoms. The number of rotatable bonds is 6. The third-order valence-electron chi connectivity index (χ3n) is 5.55. The van der Waals surface area contributed by atoms with Crippen molar-refractivity contribution < 1.29 is 14.3 Å². The summed E-state index contributed by atoms with van der Waals surface area (Å²) in [4.78, 5) is 19.0. The minimum atomic E-state index is -0.0674. The van der Waals surface area contributed by atoms with Crippen molar-refractivity contribution in [3.8, 4) is 0 Å². The number of carbonyl (C=O) groups excluding carboxylic acids is 1. The van der Waals surface area contributed by atoms with Gasteiger partial charge in [0.25, 0.3) is 0 Å². The number of benzene rings is 1. The lowest BCUT2D eigenvalue weighted by Crippen LogP contribution is -2.44. The Morgan fingerprint density at radius 1 is 1.38 bits per heavy atom. The van der Waals surface area contributed by atoms with Crippen molar-refractivity contribution in [2.45, 2.75) is 6.54 Å². The molecule has 1 amide bonds. The van der Waals surface area contributed by atoms with Crippen LogP contribution in [0, 0.1) is 11.3 Å². The first kappa shape index (κ1) is 17.4. The van der Waals surface area contributed by atoms with Gasteiger partial charge < -0.3 is 14.8 Å². The molecule has 0 aliphatic carbocycles. The van der Waals surface area contributed by atoms with E-state index in [1.54, 1.807) is 0 Å². The van der Waals surface area contributed by atoms with Crippen LogP contribution >= 0.6 is 0 Å². The van der Waals surface area contributed by atoms with Crippen LogP contribution in [0.5, 0.6) is 0 Å². The van der Waals surface area contributed by atoms with E-state index in [1.165, 1.54) is 12.5 Å². The fourth-order valence-electron chi connectivity index (χ4n) is 4.20. The third-order valence-corrected chi connectivity index (χ3v) is 5.55. The van der Waals surface area contributed by atoms with Crippen molar-refractivity contribution in [3.63, 3.8) is 0 Å². The first-order valence-electron chi connectivity index (χ1n) is 9.09. The van der Waals surface area contributed by atoms with Gasteiger partial charge in [-0.05, 0) is 12.1 Å². The minimum absolute atomic E-state index is 0.000248. The number of aromatic nitrogens is 1. The van der Waals surface area contributed by atoms with Gasteiger partial charge in [0.15, 0.2) is 0 Å². The molecule has 2 atom stereocenters. The zero-order chi connectivity index (χ0) is 18.0. The molecule has 1 aromatic carbocycles. The summed E-state index contributed by atoms with van der Waals surface area (Å²) in [5.41, 5.74) is 2.12. The molecule has 4 rings (SSSR count). The number of nitrogens with zero attached hydrogens (tertiary/aromatic N) is 2. The van der Waals surface area contributed by atoms with E-state index in [2.05, 4.69) is 34.5 Å². The van der Waals surface area contributed by atoms with Crippen LogP contribution in [0.1, 0.15) is 5.69 Å². The number of carbonyl (C=O) groups is 1. The predicted molar refractivity (Wildman–Crippen MR) is 98.6 cm³/mol. The van der Waals surface area contributed by atoms with E-state index in [9.17, 15) is 4.79 Å². The Morgan fingerprint density at radius 3 is 3.15 bits per heavy atom. The van der Waals surface area contributed by atoms with Crippen molar-refractivity contribution in [2.24, 2.45) is 11.3 Å². The summed E-state index contributed by atoms with van der Waals surface area (Å²) in [6.45, 7) is 4.94. The standard InChI is InChI=1S/C20H25N3O3/c1-25-11-19(24)21-12-20-13-23(8-16(20)10-26-14-20)9-17-7-6-15-4-2-3-5-18(15)22-17/h2-7,16H,8-14H2,1H3,(H,21,24)/t16-,20+/m1/s1. The van der Waals surface area contributed by atoms with E-state index < -0.39 is 0 Å². The highest BCUT2D eigenvalue weighted by Crippen LogP contribution is 2.41. The topological polar surface area (TPSA) is 63.7 Å². The Morgan fingerprint density at radius 2 is 2.27 bits per heavy atom. The highest BCUT2D eigenvalue weighted by molar-refractivity contribution is 5.78. The van der Waals surface area contributed by atoms with Gasteiger partial charge in [-0.2, -0.15) is 0 Å². The predicted octanol–water partition coefficient (Wildman–Crippen LogP) is 1.45. The second-order valence-electron chi connectivity index (χ2n) is 7.45. The summed E-state index contributed by atoms with van der Waals surface area (Å²) in [7, 11) is 1.53. The number of amides is 1. The number of methoxy groups -OCH3 is 1. The Kier molecular flexibility index (Phi) is 4.89. The van der Waals surface area contributed by atoms with Gasteiger partial charge in [0, 0.05) is 50.0 Å². The van der Waals surface area contributed by atoms with Crippen molar-refractivity contribution in [1.82, 2.24) is 15.2 Å². The molecule has 2 aromatic rings. The first-order chi connectivity index (χ1) is 12.7. The second-order valence-corrected chi connectivity index (χ2v) is 7.45. The highest BCUT2D eigenvalue weighted by atomic mass is 16.5. The molecule has 2 fully saturated rings. The lowest BCUT2D eigenvalue weighted by Gasteiger charge is -2.27. The Bertz CT molecular complexity index is 797.